The molecular weight excluding hydrogens is 252 g/mol. The Hall–Kier alpha value is -1.36. The molecule has 110 valence electrons. The third-order valence-corrected chi connectivity index (χ3v) is 4.14. The molecule has 1 aromatic heterocycles. The maximum Gasteiger partial charge on any atom is 0.227 e. The number of hydrogen-bond acceptors (Lipinski definition) is 5. The van der Waals surface area contributed by atoms with E-state index in [0.717, 1.165) is 38.1 Å². The summed E-state index contributed by atoms with van der Waals surface area (Å²) in [7, 11) is 0. The fourth-order valence-corrected chi connectivity index (χ4v) is 2.98. The van der Waals surface area contributed by atoms with E-state index in [1.54, 1.807) is 0 Å². The predicted molar refractivity (Wildman–Crippen MR) is 80.2 cm³/mol. The van der Waals surface area contributed by atoms with Gasteiger partial charge in [-0.15, -0.1) is 0 Å². The van der Waals surface area contributed by atoms with E-state index in [1.165, 1.54) is 38.5 Å². The van der Waals surface area contributed by atoms with Crippen LogP contribution in [-0.2, 0) is 4.74 Å². The lowest BCUT2D eigenvalue weighted by atomic mass is 10.1. The van der Waals surface area contributed by atoms with Crippen LogP contribution in [0.3, 0.4) is 0 Å². The number of morpholine rings is 1. The van der Waals surface area contributed by atoms with Gasteiger partial charge < -0.3 is 15.0 Å². The molecule has 1 aliphatic heterocycles. The van der Waals surface area contributed by atoms with Gasteiger partial charge in [0.1, 0.15) is 5.82 Å². The highest BCUT2D eigenvalue weighted by atomic mass is 16.5. The Morgan fingerprint density at radius 1 is 1.10 bits per heavy atom. The van der Waals surface area contributed by atoms with Gasteiger partial charge in [-0.1, -0.05) is 25.7 Å². The Labute approximate surface area is 120 Å². The first-order chi connectivity index (χ1) is 9.92. The third kappa shape index (κ3) is 3.60. The Bertz CT molecular complexity index is 412. The zero-order valence-electron chi connectivity index (χ0n) is 12.1. The van der Waals surface area contributed by atoms with Gasteiger partial charge in [0, 0.05) is 25.3 Å². The molecule has 0 unspecified atom stereocenters. The minimum Gasteiger partial charge on any atom is -0.378 e. The van der Waals surface area contributed by atoms with Crippen molar-refractivity contribution in [2.45, 2.75) is 44.6 Å². The maximum atomic E-state index is 5.37. The van der Waals surface area contributed by atoms with Crippen LogP contribution in [-0.4, -0.2) is 42.3 Å². The standard InChI is InChI=1S/C15H24N4O/c1-2-4-6-13(5-3-1)17-14-7-8-16-15(18-14)19-9-11-20-12-10-19/h7-8,13H,1-6,9-12H2,(H,16,17,18). The highest BCUT2D eigenvalue weighted by molar-refractivity contribution is 5.42. The van der Waals surface area contributed by atoms with E-state index in [4.69, 9.17) is 4.74 Å². The van der Waals surface area contributed by atoms with Gasteiger partial charge >= 0.3 is 0 Å². The second-order valence-corrected chi connectivity index (χ2v) is 5.67. The van der Waals surface area contributed by atoms with Gasteiger partial charge in [0.05, 0.1) is 13.2 Å². The molecule has 2 heterocycles. The first kappa shape index (κ1) is 13.6. The summed E-state index contributed by atoms with van der Waals surface area (Å²) in [6.07, 6.45) is 9.80. The van der Waals surface area contributed by atoms with Crippen LogP contribution in [0.2, 0.25) is 0 Å². The maximum absolute atomic E-state index is 5.37. The molecule has 0 amide bonds. The van der Waals surface area contributed by atoms with Crippen molar-refractivity contribution in [1.82, 2.24) is 9.97 Å². The summed E-state index contributed by atoms with van der Waals surface area (Å²) in [6.45, 7) is 3.30. The first-order valence-corrected chi connectivity index (χ1v) is 7.84. The summed E-state index contributed by atoms with van der Waals surface area (Å²) in [5, 5.41) is 3.59. The molecule has 1 aliphatic carbocycles. The van der Waals surface area contributed by atoms with Crippen LogP contribution in [0.5, 0.6) is 0 Å². The lowest BCUT2D eigenvalue weighted by molar-refractivity contribution is 0.122. The molecule has 20 heavy (non-hydrogen) atoms. The van der Waals surface area contributed by atoms with E-state index in [0.29, 0.717) is 6.04 Å². The van der Waals surface area contributed by atoms with E-state index in [1.807, 2.05) is 12.3 Å². The van der Waals surface area contributed by atoms with Gasteiger partial charge in [-0.25, -0.2) is 4.98 Å². The van der Waals surface area contributed by atoms with Crippen LogP contribution in [0.15, 0.2) is 12.3 Å². The summed E-state index contributed by atoms with van der Waals surface area (Å²) in [6, 6.07) is 2.56. The van der Waals surface area contributed by atoms with Gasteiger partial charge in [0.25, 0.3) is 0 Å². The number of anilines is 2. The molecule has 1 N–H and O–H groups in total. The van der Waals surface area contributed by atoms with Gasteiger partial charge in [-0.05, 0) is 18.9 Å². The van der Waals surface area contributed by atoms with E-state index >= 15 is 0 Å². The van der Waals surface area contributed by atoms with Gasteiger partial charge in [-0.3, -0.25) is 0 Å². The average molecular weight is 276 g/mol. The van der Waals surface area contributed by atoms with E-state index in [2.05, 4.69) is 20.2 Å². The van der Waals surface area contributed by atoms with Crippen LogP contribution in [0, 0.1) is 0 Å². The minimum absolute atomic E-state index is 0.574. The normalized spacial score (nSPS) is 21.5. The molecule has 0 atom stereocenters. The molecule has 1 saturated heterocycles. The van der Waals surface area contributed by atoms with Crippen molar-refractivity contribution < 1.29 is 4.74 Å². The Morgan fingerprint density at radius 3 is 2.60 bits per heavy atom. The van der Waals surface area contributed by atoms with Gasteiger partial charge in [-0.2, -0.15) is 4.98 Å². The van der Waals surface area contributed by atoms with Crippen molar-refractivity contribution >= 4 is 11.8 Å². The number of rotatable bonds is 3. The molecular formula is C15H24N4O. The summed E-state index contributed by atoms with van der Waals surface area (Å²) in [5.41, 5.74) is 0. The van der Waals surface area contributed by atoms with Crippen LogP contribution in [0.25, 0.3) is 0 Å². The number of ether oxygens (including phenoxy) is 1. The molecule has 5 heteroatoms. The van der Waals surface area contributed by atoms with Crippen LogP contribution < -0.4 is 10.2 Å². The lowest BCUT2D eigenvalue weighted by Crippen LogP contribution is -2.37. The van der Waals surface area contributed by atoms with E-state index in [9.17, 15) is 0 Å². The molecule has 2 aliphatic rings. The summed E-state index contributed by atoms with van der Waals surface area (Å²) in [5.74, 6) is 1.79. The summed E-state index contributed by atoms with van der Waals surface area (Å²) in [4.78, 5) is 11.3. The molecule has 3 rings (SSSR count). The molecule has 1 aromatic rings. The van der Waals surface area contributed by atoms with Crippen molar-refractivity contribution in [3.8, 4) is 0 Å². The molecule has 2 fully saturated rings. The number of aromatic nitrogens is 2. The van der Waals surface area contributed by atoms with Crippen molar-refractivity contribution in [3.05, 3.63) is 12.3 Å². The second kappa shape index (κ2) is 6.88. The predicted octanol–water partition coefficient (Wildman–Crippen LogP) is 2.45. The lowest BCUT2D eigenvalue weighted by Gasteiger charge is -2.27. The Balaban J connectivity index is 1.64. The molecule has 5 nitrogen and oxygen atoms in total. The summed E-state index contributed by atoms with van der Waals surface area (Å²) < 4.78 is 5.37. The number of nitrogens with zero attached hydrogens (tertiary/aromatic N) is 3. The fraction of sp³-hybridized carbons (Fsp3) is 0.733. The smallest absolute Gasteiger partial charge is 0.227 e. The molecule has 1 saturated carbocycles. The first-order valence-electron chi connectivity index (χ1n) is 7.84. The largest absolute Gasteiger partial charge is 0.378 e. The molecule has 0 radical (unpaired) electrons. The summed E-state index contributed by atoms with van der Waals surface area (Å²) >= 11 is 0. The fourth-order valence-electron chi connectivity index (χ4n) is 2.98. The van der Waals surface area contributed by atoms with Crippen molar-refractivity contribution in [2.75, 3.05) is 36.5 Å². The number of hydrogen-bond donors (Lipinski definition) is 1. The van der Waals surface area contributed by atoms with E-state index < -0.39 is 0 Å². The zero-order valence-corrected chi connectivity index (χ0v) is 12.1. The number of nitrogens with one attached hydrogen (secondary N) is 1. The van der Waals surface area contributed by atoms with Crippen LogP contribution in [0.1, 0.15) is 38.5 Å². The highest BCUT2D eigenvalue weighted by Gasteiger charge is 2.16. The van der Waals surface area contributed by atoms with Gasteiger partial charge in [0.15, 0.2) is 0 Å². The molecule has 0 aromatic carbocycles. The molecule has 0 spiro atoms. The van der Waals surface area contributed by atoms with Crippen molar-refractivity contribution in [1.29, 1.82) is 0 Å². The third-order valence-electron chi connectivity index (χ3n) is 4.14. The zero-order chi connectivity index (χ0) is 13.6. The minimum atomic E-state index is 0.574. The molecule has 0 bridgehead atoms. The highest BCUT2D eigenvalue weighted by Crippen LogP contribution is 2.21. The van der Waals surface area contributed by atoms with Crippen LogP contribution >= 0.6 is 0 Å². The topological polar surface area (TPSA) is 50.3 Å². The average Bonchev–Trinajstić information content (AvgIpc) is 2.77. The van der Waals surface area contributed by atoms with Crippen LogP contribution in [0.4, 0.5) is 11.8 Å². The second-order valence-electron chi connectivity index (χ2n) is 5.67. The Kier molecular flexibility index (Phi) is 4.69. The van der Waals surface area contributed by atoms with E-state index in [-0.39, 0.29) is 0 Å². The van der Waals surface area contributed by atoms with Crippen molar-refractivity contribution in [3.63, 3.8) is 0 Å². The SMILES string of the molecule is c1cc(NC2CCCCCC2)nc(N2CCOCC2)n1. The van der Waals surface area contributed by atoms with Gasteiger partial charge in [0.2, 0.25) is 5.95 Å². The van der Waals surface area contributed by atoms with Crippen molar-refractivity contribution in [2.24, 2.45) is 0 Å². The monoisotopic (exact) mass is 276 g/mol. The quantitative estimate of drug-likeness (QED) is 0.859. The Morgan fingerprint density at radius 2 is 1.85 bits per heavy atom.